The maximum atomic E-state index is 12.0. The van der Waals surface area contributed by atoms with Gasteiger partial charge in [0.05, 0.1) is 21.3 Å². The Morgan fingerprint density at radius 1 is 0.906 bits per heavy atom. The molecule has 1 aromatic rings. The zero-order chi connectivity index (χ0) is 22.7. The quantitative estimate of drug-likeness (QED) is 0.710. The summed E-state index contributed by atoms with van der Waals surface area (Å²) in [5, 5.41) is 3.27. The second kappa shape index (κ2) is 7.71. The van der Waals surface area contributed by atoms with Gasteiger partial charge in [-0.3, -0.25) is 4.79 Å². The van der Waals surface area contributed by atoms with Gasteiger partial charge in [-0.2, -0.15) is 0 Å². The molecule has 1 aromatic carbocycles. The van der Waals surface area contributed by atoms with Crippen molar-refractivity contribution < 1.29 is 19.0 Å². The number of ether oxygens (including phenoxy) is 3. The molecule has 174 valence electrons. The first-order valence-electron chi connectivity index (χ1n) is 12.2. The van der Waals surface area contributed by atoms with Crippen molar-refractivity contribution in [1.29, 1.82) is 0 Å². The van der Waals surface area contributed by atoms with Crippen LogP contribution in [0.2, 0.25) is 0 Å². The van der Waals surface area contributed by atoms with Crippen LogP contribution >= 0.6 is 0 Å². The van der Waals surface area contributed by atoms with Gasteiger partial charge in [0.2, 0.25) is 11.7 Å². The minimum atomic E-state index is 0.0786. The van der Waals surface area contributed by atoms with Crippen molar-refractivity contribution in [3.8, 4) is 17.2 Å². The zero-order valence-electron chi connectivity index (χ0n) is 20.1. The second-order valence-corrected chi connectivity index (χ2v) is 10.8. The van der Waals surface area contributed by atoms with E-state index < -0.39 is 0 Å². The molecule has 7 atom stereocenters. The Balaban J connectivity index is 1.47. The van der Waals surface area contributed by atoms with Crippen molar-refractivity contribution in [1.82, 2.24) is 5.32 Å². The number of hydrogen-bond donors (Lipinski definition) is 1. The molecule has 2 unspecified atom stereocenters. The monoisotopic (exact) mass is 439 g/mol. The lowest BCUT2D eigenvalue weighted by molar-refractivity contribution is -0.122. The molecule has 0 aromatic heterocycles. The zero-order valence-corrected chi connectivity index (χ0v) is 20.1. The Morgan fingerprint density at radius 3 is 2.28 bits per heavy atom. The van der Waals surface area contributed by atoms with Crippen LogP contribution in [0.5, 0.6) is 17.2 Å². The van der Waals surface area contributed by atoms with Gasteiger partial charge >= 0.3 is 0 Å². The van der Waals surface area contributed by atoms with Crippen molar-refractivity contribution >= 4 is 5.91 Å². The molecule has 1 heterocycles. The van der Waals surface area contributed by atoms with Crippen molar-refractivity contribution in [2.45, 2.75) is 64.3 Å². The number of rotatable bonds is 4. The molecule has 1 amide bonds. The average molecular weight is 440 g/mol. The van der Waals surface area contributed by atoms with Gasteiger partial charge < -0.3 is 19.5 Å². The topological polar surface area (TPSA) is 56.8 Å². The Morgan fingerprint density at radius 2 is 1.62 bits per heavy atom. The van der Waals surface area contributed by atoms with Gasteiger partial charge in [0.1, 0.15) is 0 Å². The van der Waals surface area contributed by atoms with Crippen LogP contribution in [0, 0.1) is 28.6 Å². The largest absolute Gasteiger partial charge is 0.493 e. The van der Waals surface area contributed by atoms with Crippen LogP contribution in [-0.2, 0) is 4.79 Å². The first kappa shape index (κ1) is 21.7. The van der Waals surface area contributed by atoms with E-state index in [0.717, 1.165) is 23.8 Å². The standard InChI is InChI=1S/C27H37NO4/c1-26-12-10-20-17(6-9-23-27(20,2)13-11-24(29)28-23)19(26)8-7-18(26)16-14-21(30-3)25(32-5)22(15-16)31-4/h11,13-15,17-20,23H,6-10,12H2,1-5H3,(H,28,29)/t17-,18?,19-,20+,23?,26+,27+/m0/s1. The number of methoxy groups -OCH3 is 3. The fourth-order valence-electron chi connectivity index (χ4n) is 8.18. The molecule has 1 N–H and O–H groups in total. The van der Waals surface area contributed by atoms with Crippen molar-refractivity contribution in [2.24, 2.45) is 28.6 Å². The van der Waals surface area contributed by atoms with E-state index in [9.17, 15) is 4.79 Å². The molecule has 4 aliphatic rings. The summed E-state index contributed by atoms with van der Waals surface area (Å²) in [7, 11) is 5.05. The van der Waals surface area contributed by atoms with Gasteiger partial charge in [0.15, 0.2) is 11.5 Å². The molecule has 3 saturated carbocycles. The summed E-state index contributed by atoms with van der Waals surface area (Å²) in [6.07, 6.45) is 11.3. The molecule has 5 heteroatoms. The molecule has 0 bridgehead atoms. The molecular formula is C27H37NO4. The van der Waals surface area contributed by atoms with E-state index in [1.807, 2.05) is 0 Å². The minimum Gasteiger partial charge on any atom is -0.493 e. The van der Waals surface area contributed by atoms with Crippen LogP contribution in [0.15, 0.2) is 24.3 Å². The summed E-state index contributed by atoms with van der Waals surface area (Å²) in [4.78, 5) is 12.0. The van der Waals surface area contributed by atoms with Crippen molar-refractivity contribution in [3.63, 3.8) is 0 Å². The smallest absolute Gasteiger partial charge is 0.243 e. The summed E-state index contributed by atoms with van der Waals surface area (Å²) in [6.45, 7) is 4.92. The highest BCUT2D eigenvalue weighted by atomic mass is 16.5. The third kappa shape index (κ3) is 2.99. The number of fused-ring (bicyclic) bond motifs is 5. The molecular weight excluding hydrogens is 402 g/mol. The van der Waals surface area contributed by atoms with E-state index >= 15 is 0 Å². The van der Waals surface area contributed by atoms with Gasteiger partial charge in [0, 0.05) is 11.5 Å². The van der Waals surface area contributed by atoms with Crippen LogP contribution < -0.4 is 19.5 Å². The van der Waals surface area contributed by atoms with Crippen LogP contribution in [0.3, 0.4) is 0 Å². The Labute approximate surface area is 191 Å². The first-order valence-corrected chi connectivity index (χ1v) is 12.2. The highest BCUT2D eigenvalue weighted by Crippen LogP contribution is 2.67. The highest BCUT2D eigenvalue weighted by molar-refractivity contribution is 5.89. The molecule has 5 nitrogen and oxygen atoms in total. The number of nitrogens with one attached hydrogen (secondary N) is 1. The first-order chi connectivity index (χ1) is 15.4. The maximum absolute atomic E-state index is 12.0. The number of amides is 1. The molecule has 0 spiro atoms. The molecule has 5 rings (SSSR count). The summed E-state index contributed by atoms with van der Waals surface area (Å²) in [5.41, 5.74) is 1.67. The van der Waals surface area contributed by atoms with Gasteiger partial charge in [-0.25, -0.2) is 0 Å². The lowest BCUT2D eigenvalue weighted by atomic mass is 9.47. The Hall–Kier alpha value is -2.17. The van der Waals surface area contributed by atoms with E-state index in [-0.39, 0.29) is 22.8 Å². The predicted molar refractivity (Wildman–Crippen MR) is 124 cm³/mol. The molecule has 1 aliphatic heterocycles. The average Bonchev–Trinajstić information content (AvgIpc) is 3.15. The van der Waals surface area contributed by atoms with E-state index in [0.29, 0.717) is 23.5 Å². The van der Waals surface area contributed by atoms with Gasteiger partial charge in [-0.05, 0) is 91.4 Å². The number of carbonyl (C=O) groups excluding carboxylic acids is 1. The number of carbonyl (C=O) groups is 1. The molecule has 3 aliphatic carbocycles. The van der Waals surface area contributed by atoms with Gasteiger partial charge in [-0.15, -0.1) is 0 Å². The van der Waals surface area contributed by atoms with E-state index in [1.54, 1.807) is 27.4 Å². The van der Waals surface area contributed by atoms with E-state index in [1.165, 1.54) is 37.7 Å². The van der Waals surface area contributed by atoms with Crippen LogP contribution in [0.25, 0.3) is 0 Å². The minimum absolute atomic E-state index is 0.0786. The maximum Gasteiger partial charge on any atom is 0.243 e. The highest BCUT2D eigenvalue weighted by Gasteiger charge is 2.59. The Kier molecular flexibility index (Phi) is 5.22. The fraction of sp³-hybridized carbons (Fsp3) is 0.667. The molecule has 0 saturated heterocycles. The van der Waals surface area contributed by atoms with Crippen molar-refractivity contribution in [2.75, 3.05) is 21.3 Å². The fourth-order valence-corrected chi connectivity index (χ4v) is 8.18. The van der Waals surface area contributed by atoms with Gasteiger partial charge in [-0.1, -0.05) is 19.9 Å². The summed E-state index contributed by atoms with van der Waals surface area (Å²) < 4.78 is 16.9. The third-order valence-electron chi connectivity index (χ3n) is 9.78. The molecule has 32 heavy (non-hydrogen) atoms. The van der Waals surface area contributed by atoms with E-state index in [4.69, 9.17) is 14.2 Å². The number of benzene rings is 1. The van der Waals surface area contributed by atoms with Crippen LogP contribution in [-0.4, -0.2) is 33.3 Å². The second-order valence-electron chi connectivity index (χ2n) is 10.8. The SMILES string of the molecule is COc1cc(C2CC[C@H]3[C@@H]4CCC5NC(=O)C=C[C@]5(C)[C@@H]4CC[C@]23C)cc(OC)c1OC. The summed E-state index contributed by atoms with van der Waals surface area (Å²) in [5.74, 6) is 4.83. The van der Waals surface area contributed by atoms with Crippen LogP contribution in [0.4, 0.5) is 0 Å². The van der Waals surface area contributed by atoms with E-state index in [2.05, 4.69) is 37.4 Å². The lowest BCUT2D eigenvalue weighted by Crippen LogP contribution is -2.59. The van der Waals surface area contributed by atoms with Crippen LogP contribution in [0.1, 0.15) is 63.9 Å². The van der Waals surface area contributed by atoms with Gasteiger partial charge in [0.25, 0.3) is 0 Å². The lowest BCUT2D eigenvalue weighted by Gasteiger charge is -2.59. The third-order valence-corrected chi connectivity index (χ3v) is 9.78. The normalized spacial score (nSPS) is 40.0. The van der Waals surface area contributed by atoms with Crippen molar-refractivity contribution in [3.05, 3.63) is 29.8 Å². The number of hydrogen-bond acceptors (Lipinski definition) is 4. The predicted octanol–water partition coefficient (Wildman–Crippen LogP) is 5.09. The molecule has 0 radical (unpaired) electrons. The molecule has 3 fully saturated rings. The summed E-state index contributed by atoms with van der Waals surface area (Å²) in [6, 6.07) is 4.63. The summed E-state index contributed by atoms with van der Waals surface area (Å²) >= 11 is 0. The Bertz CT molecular complexity index is 917.